The predicted octanol–water partition coefficient (Wildman–Crippen LogP) is 3.87. The Kier molecular flexibility index (Phi) is 6.76. The highest BCUT2D eigenvalue weighted by atomic mass is 32.2. The zero-order valence-electron chi connectivity index (χ0n) is 18.3. The summed E-state index contributed by atoms with van der Waals surface area (Å²) in [5.74, 6) is -1.23. The Balaban J connectivity index is 1.33. The van der Waals surface area contributed by atoms with Gasteiger partial charge < -0.3 is 10.2 Å². The van der Waals surface area contributed by atoms with E-state index in [-0.39, 0.29) is 17.1 Å². The summed E-state index contributed by atoms with van der Waals surface area (Å²) in [5, 5.41) is 2.32. The first-order valence-electron chi connectivity index (χ1n) is 10.8. The van der Waals surface area contributed by atoms with E-state index in [0.717, 1.165) is 36.8 Å². The van der Waals surface area contributed by atoms with Gasteiger partial charge in [-0.15, -0.1) is 0 Å². The molecule has 6 nitrogen and oxygen atoms in total. The second kappa shape index (κ2) is 9.72. The lowest BCUT2D eigenvalue weighted by atomic mass is 9.99. The van der Waals surface area contributed by atoms with Gasteiger partial charge >= 0.3 is 0 Å². The van der Waals surface area contributed by atoms with E-state index in [4.69, 9.17) is 0 Å². The third-order valence-electron chi connectivity index (χ3n) is 5.70. The molecule has 1 aliphatic rings. The molecule has 0 unspecified atom stereocenters. The Morgan fingerprint density at radius 3 is 2.45 bits per heavy atom. The maximum absolute atomic E-state index is 14.1. The van der Waals surface area contributed by atoms with Gasteiger partial charge in [-0.3, -0.25) is 4.79 Å². The molecule has 3 aromatic rings. The van der Waals surface area contributed by atoms with Crippen LogP contribution in [0.3, 0.4) is 0 Å². The molecule has 1 aliphatic heterocycles. The van der Waals surface area contributed by atoms with Gasteiger partial charge in [0.25, 0.3) is 0 Å². The van der Waals surface area contributed by atoms with Gasteiger partial charge in [-0.1, -0.05) is 36.4 Å². The molecule has 0 atom stereocenters. The number of carbonyl (C=O) groups is 1. The largest absolute Gasteiger partial charge is 0.367 e. The number of sulfonamides is 1. The van der Waals surface area contributed by atoms with E-state index < -0.39 is 21.7 Å². The number of carbonyl (C=O) groups excluding carboxylic acids is 1. The quantitative estimate of drug-likeness (QED) is 0.553. The average Bonchev–Trinajstić information content (AvgIpc) is 2.80. The van der Waals surface area contributed by atoms with Crippen LogP contribution in [0.4, 0.5) is 15.8 Å². The molecule has 0 spiro atoms. The maximum atomic E-state index is 14.1. The molecule has 8 heteroatoms. The van der Waals surface area contributed by atoms with Gasteiger partial charge in [0.05, 0.1) is 10.6 Å². The van der Waals surface area contributed by atoms with Crippen LogP contribution in [0.5, 0.6) is 0 Å². The molecule has 0 fully saturated rings. The number of hydrogen-bond acceptors (Lipinski definition) is 4. The first-order valence-corrected chi connectivity index (χ1v) is 12.3. The van der Waals surface area contributed by atoms with Crippen LogP contribution in [-0.2, 0) is 34.2 Å². The van der Waals surface area contributed by atoms with Crippen LogP contribution in [0.1, 0.15) is 23.6 Å². The second-order valence-electron chi connectivity index (χ2n) is 8.08. The van der Waals surface area contributed by atoms with Crippen LogP contribution in [0.15, 0.2) is 71.6 Å². The summed E-state index contributed by atoms with van der Waals surface area (Å²) in [4.78, 5) is 13.2. The van der Waals surface area contributed by atoms with E-state index in [1.54, 1.807) is 0 Å². The number of fused-ring (bicyclic) bond motifs is 1. The number of hydrogen-bond donors (Lipinski definition) is 2. The fourth-order valence-electron chi connectivity index (χ4n) is 3.96. The maximum Gasteiger partial charge on any atom is 0.240 e. The highest BCUT2D eigenvalue weighted by molar-refractivity contribution is 7.89. The topological polar surface area (TPSA) is 78.5 Å². The average molecular weight is 468 g/mol. The van der Waals surface area contributed by atoms with Crippen molar-refractivity contribution >= 4 is 27.3 Å². The standard InChI is InChI=1S/C25H26FN3O3S/c1-18(30)28-25-11-10-23(16-24(25)26)33(31,32)27-14-12-19-6-8-22(9-7-19)29-15-13-20-4-2-3-5-21(20)17-29/h2-11,16,27H,12-15,17H2,1H3,(H,28,30). The monoisotopic (exact) mass is 467 g/mol. The van der Waals surface area contributed by atoms with Crippen molar-refractivity contribution in [2.24, 2.45) is 0 Å². The predicted molar refractivity (Wildman–Crippen MR) is 127 cm³/mol. The number of nitrogens with one attached hydrogen (secondary N) is 2. The fraction of sp³-hybridized carbons (Fsp3) is 0.240. The van der Waals surface area contributed by atoms with Crippen LogP contribution in [-0.4, -0.2) is 27.4 Å². The van der Waals surface area contributed by atoms with Gasteiger partial charge in [0, 0.05) is 32.2 Å². The summed E-state index contributed by atoms with van der Waals surface area (Å²) in [7, 11) is -3.86. The SMILES string of the molecule is CC(=O)Nc1ccc(S(=O)(=O)NCCc2ccc(N3CCc4ccccc4C3)cc2)cc1F. The highest BCUT2D eigenvalue weighted by Crippen LogP contribution is 2.25. The zero-order chi connectivity index (χ0) is 23.4. The third-order valence-corrected chi connectivity index (χ3v) is 7.16. The molecule has 33 heavy (non-hydrogen) atoms. The van der Waals surface area contributed by atoms with Crippen LogP contribution in [0.25, 0.3) is 0 Å². The first-order chi connectivity index (χ1) is 15.8. The summed E-state index contributed by atoms with van der Waals surface area (Å²) in [6.45, 7) is 3.29. The highest BCUT2D eigenvalue weighted by Gasteiger charge is 2.17. The van der Waals surface area contributed by atoms with Gasteiger partial charge in [-0.05, 0) is 59.9 Å². The van der Waals surface area contributed by atoms with E-state index in [0.29, 0.717) is 6.42 Å². The number of rotatable bonds is 7. The third kappa shape index (κ3) is 5.58. The van der Waals surface area contributed by atoms with Crippen molar-refractivity contribution in [3.63, 3.8) is 0 Å². The van der Waals surface area contributed by atoms with Gasteiger partial charge in [0.1, 0.15) is 5.82 Å². The van der Waals surface area contributed by atoms with Crippen LogP contribution in [0, 0.1) is 5.82 Å². The van der Waals surface area contributed by atoms with Gasteiger partial charge in [-0.25, -0.2) is 17.5 Å². The minimum Gasteiger partial charge on any atom is -0.367 e. The van der Waals surface area contributed by atoms with E-state index in [2.05, 4.69) is 51.3 Å². The minimum absolute atomic E-state index is 0.0567. The molecule has 2 N–H and O–H groups in total. The number of nitrogens with zero attached hydrogens (tertiary/aromatic N) is 1. The van der Waals surface area contributed by atoms with Crippen molar-refractivity contribution in [1.29, 1.82) is 0 Å². The molecule has 0 saturated carbocycles. The van der Waals surface area contributed by atoms with Crippen molar-refractivity contribution in [2.45, 2.75) is 31.2 Å². The molecule has 0 bridgehead atoms. The van der Waals surface area contributed by atoms with E-state index in [1.165, 1.54) is 30.2 Å². The Bertz CT molecular complexity index is 1260. The van der Waals surface area contributed by atoms with Crippen molar-refractivity contribution in [3.05, 3.63) is 89.2 Å². The lowest BCUT2D eigenvalue weighted by molar-refractivity contribution is -0.114. The van der Waals surface area contributed by atoms with E-state index >= 15 is 0 Å². The molecular weight excluding hydrogens is 441 g/mol. The minimum atomic E-state index is -3.86. The molecule has 0 radical (unpaired) electrons. The second-order valence-corrected chi connectivity index (χ2v) is 9.84. The molecule has 0 aromatic heterocycles. The number of anilines is 2. The number of halogens is 1. The van der Waals surface area contributed by atoms with Crippen molar-refractivity contribution in [3.8, 4) is 0 Å². The summed E-state index contributed by atoms with van der Waals surface area (Å²) in [5.41, 5.74) is 4.85. The molecular formula is C25H26FN3O3S. The van der Waals surface area contributed by atoms with Crippen molar-refractivity contribution in [1.82, 2.24) is 4.72 Å². The van der Waals surface area contributed by atoms with Crippen LogP contribution in [0.2, 0.25) is 0 Å². The Morgan fingerprint density at radius 2 is 1.76 bits per heavy atom. The van der Waals surface area contributed by atoms with E-state index in [1.807, 2.05) is 12.1 Å². The molecule has 0 aliphatic carbocycles. The normalized spacial score (nSPS) is 13.5. The van der Waals surface area contributed by atoms with Crippen molar-refractivity contribution < 1.29 is 17.6 Å². The summed E-state index contributed by atoms with van der Waals surface area (Å²) >= 11 is 0. The smallest absolute Gasteiger partial charge is 0.240 e. The lowest BCUT2D eigenvalue weighted by Crippen LogP contribution is -2.30. The summed E-state index contributed by atoms with van der Waals surface area (Å²) in [6.07, 6.45) is 1.53. The fourth-order valence-corrected chi connectivity index (χ4v) is 5.00. The molecule has 4 rings (SSSR count). The van der Waals surface area contributed by atoms with Gasteiger partial charge in [-0.2, -0.15) is 0 Å². The molecule has 3 aromatic carbocycles. The first kappa shape index (κ1) is 22.9. The van der Waals surface area contributed by atoms with Crippen molar-refractivity contribution in [2.75, 3.05) is 23.3 Å². The van der Waals surface area contributed by atoms with Crippen LogP contribution >= 0.6 is 0 Å². The van der Waals surface area contributed by atoms with Crippen LogP contribution < -0.4 is 14.9 Å². The number of amides is 1. The molecule has 172 valence electrons. The Labute approximate surface area is 193 Å². The van der Waals surface area contributed by atoms with Gasteiger partial charge in [0.2, 0.25) is 15.9 Å². The van der Waals surface area contributed by atoms with Gasteiger partial charge in [0.15, 0.2) is 0 Å². The lowest BCUT2D eigenvalue weighted by Gasteiger charge is -2.30. The summed E-state index contributed by atoms with van der Waals surface area (Å²) in [6, 6.07) is 20.0. The Morgan fingerprint density at radius 1 is 1.03 bits per heavy atom. The molecule has 1 amide bonds. The molecule has 1 heterocycles. The Hall–Kier alpha value is -3.23. The number of benzene rings is 3. The van der Waals surface area contributed by atoms with E-state index in [9.17, 15) is 17.6 Å². The molecule has 0 saturated heterocycles. The summed E-state index contributed by atoms with van der Waals surface area (Å²) < 4.78 is 41.6. The zero-order valence-corrected chi connectivity index (χ0v) is 19.2.